The number of hydrogen-bond donors (Lipinski definition) is 1. The quantitative estimate of drug-likeness (QED) is 0.858. The minimum atomic E-state index is -0.0534. The molecular formula is C13H18N2O2. The molecule has 4 heteroatoms. The van der Waals surface area contributed by atoms with E-state index >= 15 is 0 Å². The monoisotopic (exact) mass is 234 g/mol. The fourth-order valence-corrected chi connectivity index (χ4v) is 2.18. The van der Waals surface area contributed by atoms with Crippen LogP contribution in [0.25, 0.3) is 0 Å². The van der Waals surface area contributed by atoms with Gasteiger partial charge in [0.15, 0.2) is 0 Å². The highest BCUT2D eigenvalue weighted by molar-refractivity contribution is 5.99. The van der Waals surface area contributed by atoms with Crippen molar-refractivity contribution < 1.29 is 9.53 Å². The second-order valence-corrected chi connectivity index (χ2v) is 4.27. The fourth-order valence-electron chi connectivity index (χ4n) is 2.18. The Labute approximate surface area is 102 Å². The second-order valence-electron chi connectivity index (χ2n) is 4.27. The Balaban J connectivity index is 2.26. The average molecular weight is 234 g/mol. The minimum Gasteiger partial charge on any atom is -0.496 e. The van der Waals surface area contributed by atoms with Crippen molar-refractivity contribution in [2.24, 2.45) is 0 Å². The zero-order valence-electron chi connectivity index (χ0n) is 10.5. The van der Waals surface area contributed by atoms with Crippen LogP contribution in [0.2, 0.25) is 0 Å². The number of rotatable bonds is 3. The predicted molar refractivity (Wildman–Crippen MR) is 67.5 cm³/mol. The molecule has 0 radical (unpaired) electrons. The van der Waals surface area contributed by atoms with Crippen LogP contribution in [0.4, 0.5) is 5.69 Å². The molecule has 1 atom stereocenters. The normalized spacial score (nSPS) is 19.8. The number of anilines is 1. The van der Waals surface area contributed by atoms with Gasteiger partial charge in [-0.1, -0.05) is 6.07 Å². The fraction of sp³-hybridized carbons (Fsp3) is 0.462. The van der Waals surface area contributed by atoms with Crippen molar-refractivity contribution in [3.05, 3.63) is 23.8 Å². The number of likely N-dealkylation sites (N-methyl/N-ethyl adjacent to an activating group) is 1. The molecule has 1 unspecified atom stereocenters. The van der Waals surface area contributed by atoms with E-state index in [0.29, 0.717) is 0 Å². The summed E-state index contributed by atoms with van der Waals surface area (Å²) in [5.41, 5.74) is 1.99. The molecule has 1 saturated heterocycles. The first-order valence-corrected chi connectivity index (χ1v) is 5.80. The van der Waals surface area contributed by atoms with Gasteiger partial charge in [-0.3, -0.25) is 4.79 Å². The standard InChI is InChI=1S/C13H18N2O2/c1-9-4-5-10(8-12(9)17-3)15-7-6-11(14-2)13(15)16/h4-5,8,11,14H,6-7H2,1-3H3. The molecule has 1 N–H and O–H groups in total. The van der Waals surface area contributed by atoms with E-state index in [1.807, 2.05) is 37.1 Å². The van der Waals surface area contributed by atoms with Gasteiger partial charge in [0.05, 0.1) is 13.2 Å². The van der Waals surface area contributed by atoms with E-state index in [0.717, 1.165) is 30.0 Å². The molecule has 92 valence electrons. The van der Waals surface area contributed by atoms with Gasteiger partial charge in [0.2, 0.25) is 5.91 Å². The van der Waals surface area contributed by atoms with Crippen molar-refractivity contribution in [2.45, 2.75) is 19.4 Å². The number of carbonyl (C=O) groups is 1. The van der Waals surface area contributed by atoms with Crippen molar-refractivity contribution in [2.75, 3.05) is 25.6 Å². The lowest BCUT2D eigenvalue weighted by Gasteiger charge is -2.18. The largest absolute Gasteiger partial charge is 0.496 e. The summed E-state index contributed by atoms with van der Waals surface area (Å²) >= 11 is 0. The van der Waals surface area contributed by atoms with Crippen LogP contribution >= 0.6 is 0 Å². The molecule has 1 amide bonds. The number of benzene rings is 1. The van der Waals surface area contributed by atoms with Gasteiger partial charge in [0.1, 0.15) is 5.75 Å². The van der Waals surface area contributed by atoms with E-state index in [4.69, 9.17) is 4.74 Å². The molecule has 17 heavy (non-hydrogen) atoms. The van der Waals surface area contributed by atoms with Crippen molar-refractivity contribution >= 4 is 11.6 Å². The first-order chi connectivity index (χ1) is 8.17. The summed E-state index contributed by atoms with van der Waals surface area (Å²) in [5, 5.41) is 3.03. The zero-order valence-corrected chi connectivity index (χ0v) is 10.5. The number of nitrogens with one attached hydrogen (secondary N) is 1. The third-order valence-corrected chi connectivity index (χ3v) is 3.26. The Hall–Kier alpha value is -1.55. The molecule has 1 heterocycles. The lowest BCUT2D eigenvalue weighted by Crippen LogP contribution is -2.36. The van der Waals surface area contributed by atoms with Gasteiger partial charge in [0, 0.05) is 18.3 Å². The highest BCUT2D eigenvalue weighted by Crippen LogP contribution is 2.27. The molecule has 1 aliphatic rings. The molecule has 1 aliphatic heterocycles. The Morgan fingerprint density at radius 3 is 2.82 bits per heavy atom. The number of nitrogens with zero attached hydrogens (tertiary/aromatic N) is 1. The molecular weight excluding hydrogens is 216 g/mol. The van der Waals surface area contributed by atoms with Gasteiger partial charge in [-0.2, -0.15) is 0 Å². The molecule has 1 aromatic carbocycles. The van der Waals surface area contributed by atoms with Crippen LogP contribution in [0.5, 0.6) is 5.75 Å². The highest BCUT2D eigenvalue weighted by atomic mass is 16.5. The SMILES string of the molecule is CNC1CCN(c2ccc(C)c(OC)c2)C1=O. The van der Waals surface area contributed by atoms with E-state index in [1.54, 1.807) is 7.11 Å². The molecule has 0 spiro atoms. The summed E-state index contributed by atoms with van der Waals surface area (Å²) in [4.78, 5) is 13.9. The van der Waals surface area contributed by atoms with E-state index in [-0.39, 0.29) is 11.9 Å². The third kappa shape index (κ3) is 2.13. The van der Waals surface area contributed by atoms with Crippen molar-refractivity contribution in [3.63, 3.8) is 0 Å². The molecule has 0 saturated carbocycles. The molecule has 0 aromatic heterocycles. The summed E-state index contributed by atoms with van der Waals surface area (Å²) < 4.78 is 5.28. The van der Waals surface area contributed by atoms with Crippen LogP contribution in [-0.4, -0.2) is 32.7 Å². The van der Waals surface area contributed by atoms with Crippen LogP contribution < -0.4 is 15.0 Å². The van der Waals surface area contributed by atoms with Crippen LogP contribution in [0.15, 0.2) is 18.2 Å². The van der Waals surface area contributed by atoms with Crippen molar-refractivity contribution in [1.29, 1.82) is 0 Å². The summed E-state index contributed by atoms with van der Waals surface area (Å²) in [6.45, 7) is 2.75. The molecule has 2 rings (SSSR count). The summed E-state index contributed by atoms with van der Waals surface area (Å²) in [5.74, 6) is 0.960. The second kappa shape index (κ2) is 4.75. The van der Waals surface area contributed by atoms with Crippen LogP contribution in [0.3, 0.4) is 0 Å². The first kappa shape index (κ1) is 11.9. The maximum atomic E-state index is 12.0. The topological polar surface area (TPSA) is 41.6 Å². The smallest absolute Gasteiger partial charge is 0.244 e. The number of amides is 1. The Bertz CT molecular complexity index is 431. The number of ether oxygens (including phenoxy) is 1. The average Bonchev–Trinajstić information content (AvgIpc) is 2.71. The molecule has 0 bridgehead atoms. The van der Waals surface area contributed by atoms with Gasteiger partial charge in [-0.05, 0) is 32.0 Å². The van der Waals surface area contributed by atoms with E-state index in [9.17, 15) is 4.79 Å². The highest BCUT2D eigenvalue weighted by Gasteiger charge is 2.31. The summed E-state index contributed by atoms with van der Waals surface area (Å²) in [6, 6.07) is 5.81. The Morgan fingerprint density at radius 1 is 1.47 bits per heavy atom. The number of aryl methyl sites for hydroxylation is 1. The number of carbonyl (C=O) groups excluding carboxylic acids is 1. The molecule has 0 aliphatic carbocycles. The lowest BCUT2D eigenvalue weighted by atomic mass is 10.2. The van der Waals surface area contributed by atoms with Crippen LogP contribution in [0, 0.1) is 6.92 Å². The van der Waals surface area contributed by atoms with Gasteiger partial charge in [-0.25, -0.2) is 0 Å². The lowest BCUT2D eigenvalue weighted by molar-refractivity contribution is -0.118. The van der Waals surface area contributed by atoms with Crippen LogP contribution in [-0.2, 0) is 4.79 Å². The Morgan fingerprint density at radius 2 is 2.24 bits per heavy atom. The third-order valence-electron chi connectivity index (χ3n) is 3.26. The summed E-state index contributed by atoms with van der Waals surface area (Å²) in [6.07, 6.45) is 0.853. The Kier molecular flexibility index (Phi) is 3.33. The maximum Gasteiger partial charge on any atom is 0.244 e. The van der Waals surface area contributed by atoms with Crippen LogP contribution in [0.1, 0.15) is 12.0 Å². The molecule has 1 fully saturated rings. The van der Waals surface area contributed by atoms with Crippen molar-refractivity contribution in [3.8, 4) is 5.75 Å². The van der Waals surface area contributed by atoms with Gasteiger partial charge in [0.25, 0.3) is 0 Å². The summed E-state index contributed by atoms with van der Waals surface area (Å²) in [7, 11) is 3.47. The van der Waals surface area contributed by atoms with E-state index in [1.165, 1.54) is 0 Å². The number of methoxy groups -OCH3 is 1. The first-order valence-electron chi connectivity index (χ1n) is 5.80. The maximum absolute atomic E-state index is 12.0. The number of hydrogen-bond acceptors (Lipinski definition) is 3. The zero-order chi connectivity index (χ0) is 12.4. The molecule has 1 aromatic rings. The molecule has 4 nitrogen and oxygen atoms in total. The minimum absolute atomic E-state index is 0.0534. The van der Waals surface area contributed by atoms with Crippen molar-refractivity contribution in [1.82, 2.24) is 5.32 Å². The van der Waals surface area contributed by atoms with E-state index in [2.05, 4.69) is 5.32 Å². The van der Waals surface area contributed by atoms with Gasteiger partial charge in [-0.15, -0.1) is 0 Å². The predicted octanol–water partition coefficient (Wildman–Crippen LogP) is 1.33. The van der Waals surface area contributed by atoms with E-state index < -0.39 is 0 Å². The van der Waals surface area contributed by atoms with Gasteiger partial charge < -0.3 is 15.0 Å². The van der Waals surface area contributed by atoms with Gasteiger partial charge >= 0.3 is 0 Å².